The number of non-ortho nitro benzene ring substituents is 1. The van der Waals surface area contributed by atoms with Crippen molar-refractivity contribution in [2.75, 3.05) is 18.0 Å². The van der Waals surface area contributed by atoms with Gasteiger partial charge in [-0.15, -0.1) is 0 Å². The van der Waals surface area contributed by atoms with Gasteiger partial charge < -0.3 is 4.90 Å². The number of anilines is 1. The SMILES string of the molecule is N#Cc1cc([N+](=O)[O-])ccc1N1CCC(c2c(F)cccc2F)C1. The van der Waals surface area contributed by atoms with Crippen molar-refractivity contribution in [3.05, 3.63) is 69.3 Å². The second kappa shape index (κ2) is 6.24. The molecule has 0 radical (unpaired) electrons. The Morgan fingerprint density at radius 2 is 1.96 bits per heavy atom. The summed E-state index contributed by atoms with van der Waals surface area (Å²) in [5.74, 6) is -1.48. The van der Waals surface area contributed by atoms with Crippen LogP contribution in [0.15, 0.2) is 36.4 Å². The number of benzene rings is 2. The van der Waals surface area contributed by atoms with Gasteiger partial charge in [-0.2, -0.15) is 5.26 Å². The zero-order chi connectivity index (χ0) is 17.3. The van der Waals surface area contributed by atoms with Gasteiger partial charge in [-0.25, -0.2) is 8.78 Å². The van der Waals surface area contributed by atoms with Crippen LogP contribution in [0.5, 0.6) is 0 Å². The molecule has 0 aliphatic carbocycles. The second-order valence-electron chi connectivity index (χ2n) is 5.64. The Morgan fingerprint density at radius 1 is 1.25 bits per heavy atom. The lowest BCUT2D eigenvalue weighted by Crippen LogP contribution is -2.20. The van der Waals surface area contributed by atoms with E-state index in [0.29, 0.717) is 25.2 Å². The number of nitro groups is 1. The summed E-state index contributed by atoms with van der Waals surface area (Å²) in [5, 5.41) is 20.0. The van der Waals surface area contributed by atoms with E-state index in [4.69, 9.17) is 0 Å². The minimum atomic E-state index is -0.578. The Labute approximate surface area is 136 Å². The molecule has 0 amide bonds. The molecule has 1 fully saturated rings. The predicted octanol–water partition coefficient (Wildman–Crippen LogP) is 3.74. The summed E-state index contributed by atoms with van der Waals surface area (Å²) in [4.78, 5) is 12.1. The molecule has 0 saturated carbocycles. The molecular formula is C17H13F2N3O2. The van der Waals surface area contributed by atoms with Crippen molar-refractivity contribution in [1.82, 2.24) is 0 Å². The third-order valence-electron chi connectivity index (χ3n) is 4.25. The summed E-state index contributed by atoms with van der Waals surface area (Å²) in [6.45, 7) is 0.870. The zero-order valence-electron chi connectivity index (χ0n) is 12.6. The number of halogens is 2. The molecule has 5 nitrogen and oxygen atoms in total. The molecular weight excluding hydrogens is 316 g/mol. The molecule has 0 aromatic heterocycles. The fourth-order valence-corrected chi connectivity index (χ4v) is 3.12. The Morgan fingerprint density at radius 3 is 2.58 bits per heavy atom. The molecule has 1 saturated heterocycles. The minimum Gasteiger partial charge on any atom is -0.370 e. The van der Waals surface area contributed by atoms with E-state index in [0.717, 1.165) is 0 Å². The largest absolute Gasteiger partial charge is 0.370 e. The molecule has 1 heterocycles. The van der Waals surface area contributed by atoms with Crippen LogP contribution in [0.3, 0.4) is 0 Å². The molecule has 1 aliphatic heterocycles. The van der Waals surface area contributed by atoms with Crippen LogP contribution in [0.1, 0.15) is 23.5 Å². The first-order valence-electron chi connectivity index (χ1n) is 7.38. The Bertz CT molecular complexity index is 828. The summed E-state index contributed by atoms with van der Waals surface area (Å²) < 4.78 is 27.9. The lowest BCUT2D eigenvalue weighted by molar-refractivity contribution is -0.384. The number of nitriles is 1. The van der Waals surface area contributed by atoms with Gasteiger partial charge in [-0.3, -0.25) is 10.1 Å². The topological polar surface area (TPSA) is 70.2 Å². The van der Waals surface area contributed by atoms with Crippen molar-refractivity contribution in [2.45, 2.75) is 12.3 Å². The molecule has 2 aromatic carbocycles. The number of nitro benzene ring substituents is 1. The maximum absolute atomic E-state index is 13.9. The third-order valence-corrected chi connectivity index (χ3v) is 4.25. The van der Waals surface area contributed by atoms with Crippen molar-refractivity contribution in [3.63, 3.8) is 0 Å². The van der Waals surface area contributed by atoms with Crippen molar-refractivity contribution >= 4 is 11.4 Å². The molecule has 2 aromatic rings. The standard InChI is InChI=1S/C17H13F2N3O2/c18-14-2-1-3-15(19)17(14)11-6-7-21(10-11)16-5-4-13(22(23)24)8-12(16)9-20/h1-5,8,11H,6-7,10H2. The van der Waals surface area contributed by atoms with E-state index >= 15 is 0 Å². The molecule has 3 rings (SSSR count). The van der Waals surface area contributed by atoms with Crippen LogP contribution in [0.25, 0.3) is 0 Å². The molecule has 7 heteroatoms. The van der Waals surface area contributed by atoms with E-state index in [1.807, 2.05) is 11.0 Å². The Hall–Kier alpha value is -3.01. The molecule has 1 atom stereocenters. The van der Waals surface area contributed by atoms with Crippen molar-refractivity contribution in [1.29, 1.82) is 5.26 Å². The van der Waals surface area contributed by atoms with E-state index in [-0.39, 0.29) is 22.7 Å². The lowest BCUT2D eigenvalue weighted by Gasteiger charge is -2.20. The van der Waals surface area contributed by atoms with Gasteiger partial charge in [0.1, 0.15) is 17.7 Å². The summed E-state index contributed by atoms with van der Waals surface area (Å²) in [7, 11) is 0. The van der Waals surface area contributed by atoms with Crippen LogP contribution in [0.4, 0.5) is 20.2 Å². The highest BCUT2D eigenvalue weighted by molar-refractivity contribution is 5.63. The highest BCUT2D eigenvalue weighted by Gasteiger charge is 2.30. The second-order valence-corrected chi connectivity index (χ2v) is 5.64. The Balaban J connectivity index is 1.89. The summed E-state index contributed by atoms with van der Waals surface area (Å²) in [6.07, 6.45) is 0.541. The van der Waals surface area contributed by atoms with Gasteiger partial charge in [-0.05, 0) is 24.6 Å². The van der Waals surface area contributed by atoms with Gasteiger partial charge in [-0.1, -0.05) is 6.07 Å². The number of rotatable bonds is 3. The first kappa shape index (κ1) is 15.9. The normalized spacial score (nSPS) is 16.9. The van der Waals surface area contributed by atoms with Gasteiger partial charge in [0.05, 0.1) is 16.2 Å². The van der Waals surface area contributed by atoms with E-state index in [9.17, 15) is 24.2 Å². The van der Waals surface area contributed by atoms with Crippen LogP contribution >= 0.6 is 0 Å². The van der Waals surface area contributed by atoms with E-state index < -0.39 is 16.6 Å². The average Bonchev–Trinajstić information content (AvgIpc) is 3.03. The number of hydrogen-bond acceptors (Lipinski definition) is 4. The highest BCUT2D eigenvalue weighted by Crippen LogP contribution is 2.35. The van der Waals surface area contributed by atoms with Crippen LogP contribution in [-0.4, -0.2) is 18.0 Å². The maximum atomic E-state index is 13.9. The van der Waals surface area contributed by atoms with Gasteiger partial charge in [0, 0.05) is 36.7 Å². The monoisotopic (exact) mass is 329 g/mol. The number of hydrogen-bond donors (Lipinski definition) is 0. The molecule has 1 unspecified atom stereocenters. The third kappa shape index (κ3) is 2.78. The Kier molecular flexibility index (Phi) is 4.13. The first-order chi connectivity index (χ1) is 11.5. The summed E-state index contributed by atoms with van der Waals surface area (Å²) in [5.41, 5.74) is 0.618. The average molecular weight is 329 g/mol. The van der Waals surface area contributed by atoms with E-state index in [1.165, 1.54) is 36.4 Å². The maximum Gasteiger partial charge on any atom is 0.270 e. The van der Waals surface area contributed by atoms with Gasteiger partial charge >= 0.3 is 0 Å². The summed E-state index contributed by atoms with van der Waals surface area (Å²) >= 11 is 0. The van der Waals surface area contributed by atoms with Crippen LogP contribution in [-0.2, 0) is 0 Å². The highest BCUT2D eigenvalue weighted by atomic mass is 19.1. The molecule has 122 valence electrons. The molecule has 0 bridgehead atoms. The quantitative estimate of drug-likeness (QED) is 0.635. The smallest absolute Gasteiger partial charge is 0.270 e. The number of nitrogens with zero attached hydrogens (tertiary/aromatic N) is 3. The van der Waals surface area contributed by atoms with Gasteiger partial charge in [0.2, 0.25) is 0 Å². The predicted molar refractivity (Wildman–Crippen MR) is 83.7 cm³/mol. The molecule has 0 spiro atoms. The minimum absolute atomic E-state index is 0.0559. The van der Waals surface area contributed by atoms with Crippen LogP contribution in [0, 0.1) is 33.1 Å². The molecule has 24 heavy (non-hydrogen) atoms. The molecule has 0 N–H and O–H groups in total. The van der Waals surface area contributed by atoms with Crippen molar-refractivity contribution < 1.29 is 13.7 Å². The summed E-state index contributed by atoms with van der Waals surface area (Å²) in [6, 6.07) is 9.79. The molecule has 1 aliphatic rings. The van der Waals surface area contributed by atoms with Crippen LogP contribution < -0.4 is 4.90 Å². The fraction of sp³-hybridized carbons (Fsp3) is 0.235. The van der Waals surface area contributed by atoms with Crippen LogP contribution in [0.2, 0.25) is 0 Å². The zero-order valence-corrected chi connectivity index (χ0v) is 12.6. The van der Waals surface area contributed by atoms with Crippen molar-refractivity contribution in [2.24, 2.45) is 0 Å². The fourth-order valence-electron chi connectivity index (χ4n) is 3.12. The lowest BCUT2D eigenvalue weighted by atomic mass is 9.97. The first-order valence-corrected chi connectivity index (χ1v) is 7.38. The van der Waals surface area contributed by atoms with Gasteiger partial charge in [0.25, 0.3) is 5.69 Å². The van der Waals surface area contributed by atoms with Gasteiger partial charge in [0.15, 0.2) is 0 Å². The van der Waals surface area contributed by atoms with Crippen molar-refractivity contribution in [3.8, 4) is 6.07 Å². The van der Waals surface area contributed by atoms with E-state index in [2.05, 4.69) is 0 Å². The van der Waals surface area contributed by atoms with E-state index in [1.54, 1.807) is 0 Å².